The summed E-state index contributed by atoms with van der Waals surface area (Å²) >= 11 is 1.69. The molecule has 0 amide bonds. The second kappa shape index (κ2) is 7.00. The molecule has 1 fully saturated rings. The Morgan fingerprint density at radius 2 is 2.05 bits per heavy atom. The van der Waals surface area contributed by atoms with E-state index in [1.165, 1.54) is 12.8 Å². The van der Waals surface area contributed by atoms with Crippen molar-refractivity contribution < 1.29 is 4.74 Å². The fourth-order valence-corrected chi connectivity index (χ4v) is 3.05. The molecule has 5 heteroatoms. The maximum atomic E-state index is 5.45. The number of benzene rings is 1. The summed E-state index contributed by atoms with van der Waals surface area (Å²) in [4.78, 5) is 0. The van der Waals surface area contributed by atoms with Crippen LogP contribution in [0.25, 0.3) is 10.6 Å². The SMILES string of the molecule is CCOc1ccc(-c2nnc(CCCNC3CC3)s2)cc1. The van der Waals surface area contributed by atoms with Crippen LogP contribution < -0.4 is 10.1 Å². The van der Waals surface area contributed by atoms with Crippen molar-refractivity contribution in [2.75, 3.05) is 13.2 Å². The average Bonchev–Trinajstić information content (AvgIpc) is 3.21. The lowest BCUT2D eigenvalue weighted by Crippen LogP contribution is -2.17. The normalized spacial score (nSPS) is 14.3. The molecule has 1 aromatic heterocycles. The second-order valence-corrected chi connectivity index (χ2v) is 6.35. The number of rotatable bonds is 8. The van der Waals surface area contributed by atoms with Gasteiger partial charge in [0.1, 0.15) is 15.8 Å². The van der Waals surface area contributed by atoms with E-state index >= 15 is 0 Å². The van der Waals surface area contributed by atoms with Crippen LogP contribution in [0, 0.1) is 0 Å². The third-order valence-electron chi connectivity index (χ3n) is 3.46. The summed E-state index contributed by atoms with van der Waals surface area (Å²) in [6, 6.07) is 8.85. The monoisotopic (exact) mass is 303 g/mol. The molecule has 1 aliphatic rings. The fourth-order valence-electron chi connectivity index (χ4n) is 2.16. The fraction of sp³-hybridized carbons (Fsp3) is 0.500. The highest BCUT2D eigenvalue weighted by Crippen LogP contribution is 2.26. The van der Waals surface area contributed by atoms with Crippen LogP contribution in [0.3, 0.4) is 0 Å². The van der Waals surface area contributed by atoms with E-state index in [2.05, 4.69) is 15.5 Å². The van der Waals surface area contributed by atoms with Crippen molar-refractivity contribution in [1.29, 1.82) is 0 Å². The molecule has 0 saturated heterocycles. The first-order chi connectivity index (χ1) is 10.3. The molecular weight excluding hydrogens is 282 g/mol. The topological polar surface area (TPSA) is 47.0 Å². The largest absolute Gasteiger partial charge is 0.494 e. The van der Waals surface area contributed by atoms with Crippen molar-refractivity contribution in [3.05, 3.63) is 29.3 Å². The molecule has 0 bridgehead atoms. The Kier molecular flexibility index (Phi) is 4.83. The number of ether oxygens (including phenoxy) is 1. The zero-order chi connectivity index (χ0) is 14.5. The van der Waals surface area contributed by atoms with Gasteiger partial charge in [0.15, 0.2) is 0 Å². The number of aromatic nitrogens is 2. The van der Waals surface area contributed by atoms with Gasteiger partial charge in [-0.3, -0.25) is 0 Å². The number of nitrogens with zero attached hydrogens (tertiary/aromatic N) is 2. The van der Waals surface area contributed by atoms with E-state index in [4.69, 9.17) is 4.74 Å². The second-order valence-electron chi connectivity index (χ2n) is 5.29. The Morgan fingerprint density at radius 3 is 2.76 bits per heavy atom. The van der Waals surface area contributed by atoms with Crippen molar-refractivity contribution in [1.82, 2.24) is 15.5 Å². The predicted octanol–water partition coefficient (Wildman–Crippen LogP) is 3.29. The third-order valence-corrected chi connectivity index (χ3v) is 4.49. The number of aryl methyl sites for hydroxylation is 1. The molecule has 1 saturated carbocycles. The summed E-state index contributed by atoms with van der Waals surface area (Å²) in [6.45, 7) is 3.77. The lowest BCUT2D eigenvalue weighted by molar-refractivity contribution is 0.340. The highest BCUT2D eigenvalue weighted by molar-refractivity contribution is 7.14. The molecule has 1 N–H and O–H groups in total. The maximum absolute atomic E-state index is 5.45. The summed E-state index contributed by atoms with van der Waals surface area (Å²) in [5, 5.41) is 14.2. The van der Waals surface area contributed by atoms with Crippen LogP contribution in [0.15, 0.2) is 24.3 Å². The molecule has 3 rings (SSSR count). The predicted molar refractivity (Wildman–Crippen MR) is 85.9 cm³/mol. The molecule has 0 atom stereocenters. The molecule has 21 heavy (non-hydrogen) atoms. The van der Waals surface area contributed by atoms with Crippen molar-refractivity contribution in [3.8, 4) is 16.3 Å². The van der Waals surface area contributed by atoms with Gasteiger partial charge in [0.2, 0.25) is 0 Å². The first-order valence-electron chi connectivity index (χ1n) is 7.64. The van der Waals surface area contributed by atoms with E-state index in [0.29, 0.717) is 6.61 Å². The van der Waals surface area contributed by atoms with Gasteiger partial charge in [-0.1, -0.05) is 11.3 Å². The van der Waals surface area contributed by atoms with E-state index in [9.17, 15) is 0 Å². The van der Waals surface area contributed by atoms with Crippen LogP contribution >= 0.6 is 11.3 Å². The standard InChI is InChI=1S/C16H21N3OS/c1-2-20-14-9-5-12(6-10-14)16-19-18-15(21-16)4-3-11-17-13-7-8-13/h5-6,9-10,13,17H,2-4,7-8,11H2,1H3. The summed E-state index contributed by atoms with van der Waals surface area (Å²) in [5.74, 6) is 0.900. The smallest absolute Gasteiger partial charge is 0.147 e. The first kappa shape index (κ1) is 14.5. The zero-order valence-corrected chi connectivity index (χ0v) is 13.2. The summed E-state index contributed by atoms with van der Waals surface area (Å²) in [5.41, 5.74) is 1.11. The Labute approximate surface area is 129 Å². The quantitative estimate of drug-likeness (QED) is 0.760. The Balaban J connectivity index is 1.53. The van der Waals surface area contributed by atoms with Crippen molar-refractivity contribution >= 4 is 11.3 Å². The zero-order valence-electron chi connectivity index (χ0n) is 12.3. The molecule has 1 aromatic carbocycles. The van der Waals surface area contributed by atoms with Gasteiger partial charge in [0, 0.05) is 18.0 Å². The van der Waals surface area contributed by atoms with E-state index in [-0.39, 0.29) is 0 Å². The highest BCUT2D eigenvalue weighted by Gasteiger charge is 2.19. The average molecular weight is 303 g/mol. The lowest BCUT2D eigenvalue weighted by atomic mass is 10.2. The maximum Gasteiger partial charge on any atom is 0.147 e. The summed E-state index contributed by atoms with van der Waals surface area (Å²) < 4.78 is 5.45. The highest BCUT2D eigenvalue weighted by atomic mass is 32.1. The molecule has 0 radical (unpaired) electrons. The van der Waals surface area contributed by atoms with Crippen LogP contribution in [0.1, 0.15) is 31.2 Å². The van der Waals surface area contributed by atoms with Gasteiger partial charge in [0.25, 0.3) is 0 Å². The van der Waals surface area contributed by atoms with E-state index in [1.54, 1.807) is 11.3 Å². The third kappa shape index (κ3) is 4.25. The van der Waals surface area contributed by atoms with Crippen molar-refractivity contribution in [3.63, 3.8) is 0 Å². The molecule has 1 aliphatic carbocycles. The van der Waals surface area contributed by atoms with Gasteiger partial charge in [-0.05, 0) is 57.0 Å². The van der Waals surface area contributed by atoms with Gasteiger partial charge >= 0.3 is 0 Å². The van der Waals surface area contributed by atoms with Crippen LogP contribution in [0.4, 0.5) is 0 Å². The van der Waals surface area contributed by atoms with Gasteiger partial charge in [0.05, 0.1) is 6.61 Å². The number of hydrogen-bond donors (Lipinski definition) is 1. The van der Waals surface area contributed by atoms with Crippen LogP contribution in [0.5, 0.6) is 5.75 Å². The Hall–Kier alpha value is -1.46. The van der Waals surface area contributed by atoms with E-state index < -0.39 is 0 Å². The molecule has 0 unspecified atom stereocenters. The Bertz CT molecular complexity index is 563. The van der Waals surface area contributed by atoms with Crippen molar-refractivity contribution in [2.24, 2.45) is 0 Å². The van der Waals surface area contributed by atoms with Gasteiger partial charge < -0.3 is 10.1 Å². The molecule has 2 aromatic rings. The van der Waals surface area contributed by atoms with E-state index in [0.717, 1.165) is 46.8 Å². The summed E-state index contributed by atoms with van der Waals surface area (Å²) in [7, 11) is 0. The van der Waals surface area contributed by atoms with Gasteiger partial charge in [-0.25, -0.2) is 0 Å². The minimum Gasteiger partial charge on any atom is -0.494 e. The van der Waals surface area contributed by atoms with Crippen molar-refractivity contribution in [2.45, 2.75) is 38.6 Å². The van der Waals surface area contributed by atoms with E-state index in [1.807, 2.05) is 31.2 Å². The molecule has 4 nitrogen and oxygen atoms in total. The lowest BCUT2D eigenvalue weighted by Gasteiger charge is -2.02. The number of nitrogens with one attached hydrogen (secondary N) is 1. The first-order valence-corrected chi connectivity index (χ1v) is 8.46. The minimum atomic E-state index is 0.692. The Morgan fingerprint density at radius 1 is 1.24 bits per heavy atom. The molecular formula is C16H21N3OS. The number of hydrogen-bond acceptors (Lipinski definition) is 5. The van der Waals surface area contributed by atoms with Crippen LogP contribution in [0.2, 0.25) is 0 Å². The minimum absolute atomic E-state index is 0.692. The molecule has 112 valence electrons. The van der Waals surface area contributed by atoms with Gasteiger partial charge in [-0.2, -0.15) is 0 Å². The van der Waals surface area contributed by atoms with Crippen LogP contribution in [-0.2, 0) is 6.42 Å². The molecule has 1 heterocycles. The van der Waals surface area contributed by atoms with Gasteiger partial charge in [-0.15, -0.1) is 10.2 Å². The summed E-state index contributed by atoms with van der Waals surface area (Å²) in [6.07, 6.45) is 4.84. The molecule has 0 aliphatic heterocycles. The molecule has 0 spiro atoms. The van der Waals surface area contributed by atoms with Crippen LogP contribution in [-0.4, -0.2) is 29.4 Å².